The second kappa shape index (κ2) is 7.10. The number of rotatable bonds is 9. The van der Waals surface area contributed by atoms with Crippen LogP contribution in [0.5, 0.6) is 0 Å². The second-order valence-corrected chi connectivity index (χ2v) is 5.44. The average Bonchev–Trinajstić information content (AvgIpc) is 3.19. The Balaban J connectivity index is 2.83. The molecule has 1 amide bonds. The van der Waals surface area contributed by atoms with Crippen LogP contribution >= 0.6 is 0 Å². The van der Waals surface area contributed by atoms with Gasteiger partial charge in [0.05, 0.1) is 12.0 Å². The molecule has 0 aromatic rings. The van der Waals surface area contributed by atoms with Crippen LogP contribution in [0.1, 0.15) is 52.4 Å². The van der Waals surface area contributed by atoms with Gasteiger partial charge in [0.25, 0.3) is 0 Å². The lowest BCUT2D eigenvalue weighted by Crippen LogP contribution is -2.49. The number of nitrogens with two attached hydrogens (primary N) is 1. The third-order valence-electron chi connectivity index (χ3n) is 3.89. The molecule has 0 bridgehead atoms. The van der Waals surface area contributed by atoms with Gasteiger partial charge in [-0.15, -0.1) is 0 Å². The molecular weight excluding hydrogens is 228 g/mol. The van der Waals surface area contributed by atoms with Crippen molar-refractivity contribution in [2.75, 3.05) is 19.7 Å². The smallest absolute Gasteiger partial charge is 0.230 e. The van der Waals surface area contributed by atoms with Crippen molar-refractivity contribution in [3.8, 4) is 0 Å². The molecule has 18 heavy (non-hydrogen) atoms. The first-order valence-corrected chi connectivity index (χ1v) is 7.27. The number of amides is 1. The van der Waals surface area contributed by atoms with E-state index >= 15 is 0 Å². The van der Waals surface area contributed by atoms with Gasteiger partial charge in [-0.3, -0.25) is 4.79 Å². The summed E-state index contributed by atoms with van der Waals surface area (Å²) in [5.41, 5.74) is 5.52. The van der Waals surface area contributed by atoms with Crippen LogP contribution in [0.2, 0.25) is 0 Å². The van der Waals surface area contributed by atoms with Crippen molar-refractivity contribution < 1.29 is 9.90 Å². The molecule has 0 saturated heterocycles. The summed E-state index contributed by atoms with van der Waals surface area (Å²) < 4.78 is 0. The van der Waals surface area contributed by atoms with Crippen LogP contribution in [0, 0.1) is 5.41 Å². The standard InChI is InChI=1S/C14H28N2O2/c1-3-7-14(11-15,8-4-2)13(18)16(9-10-17)12-5-6-12/h12,17H,3-11,15H2,1-2H3. The first-order valence-electron chi connectivity index (χ1n) is 7.27. The molecule has 0 unspecified atom stereocenters. The minimum atomic E-state index is -0.402. The van der Waals surface area contributed by atoms with Crippen molar-refractivity contribution in [3.63, 3.8) is 0 Å². The van der Waals surface area contributed by atoms with Crippen LogP contribution in [0.4, 0.5) is 0 Å². The molecule has 1 aliphatic carbocycles. The minimum Gasteiger partial charge on any atom is -0.395 e. The minimum absolute atomic E-state index is 0.0428. The number of carbonyl (C=O) groups is 1. The highest BCUT2D eigenvalue weighted by molar-refractivity contribution is 5.83. The fraction of sp³-hybridized carbons (Fsp3) is 0.929. The molecule has 0 aliphatic heterocycles. The number of aliphatic hydroxyl groups excluding tert-OH is 1. The first-order chi connectivity index (χ1) is 8.65. The molecule has 1 saturated carbocycles. The van der Waals surface area contributed by atoms with Gasteiger partial charge in [-0.25, -0.2) is 0 Å². The zero-order valence-electron chi connectivity index (χ0n) is 11.8. The average molecular weight is 256 g/mol. The van der Waals surface area contributed by atoms with Crippen LogP contribution in [-0.4, -0.2) is 41.7 Å². The fourth-order valence-corrected chi connectivity index (χ4v) is 2.84. The highest BCUT2D eigenvalue weighted by Gasteiger charge is 2.42. The summed E-state index contributed by atoms with van der Waals surface area (Å²) in [6.07, 6.45) is 5.80. The van der Waals surface area contributed by atoms with E-state index in [9.17, 15) is 4.79 Å². The SMILES string of the molecule is CCCC(CN)(CCC)C(=O)N(CCO)C1CC1. The van der Waals surface area contributed by atoms with Crippen LogP contribution in [0.3, 0.4) is 0 Å². The summed E-state index contributed by atoms with van der Waals surface area (Å²) in [7, 11) is 0. The number of aliphatic hydroxyl groups is 1. The molecule has 3 N–H and O–H groups in total. The summed E-state index contributed by atoms with van der Waals surface area (Å²) >= 11 is 0. The quantitative estimate of drug-likeness (QED) is 0.657. The van der Waals surface area contributed by atoms with Crippen LogP contribution in [-0.2, 0) is 4.79 Å². The summed E-state index contributed by atoms with van der Waals surface area (Å²) in [5, 5.41) is 9.14. The lowest BCUT2D eigenvalue weighted by atomic mass is 9.77. The molecule has 0 aromatic carbocycles. The van der Waals surface area contributed by atoms with E-state index in [1.807, 2.05) is 4.90 Å². The fourth-order valence-electron chi connectivity index (χ4n) is 2.84. The predicted molar refractivity (Wildman–Crippen MR) is 73.1 cm³/mol. The van der Waals surface area contributed by atoms with Gasteiger partial charge in [0.15, 0.2) is 0 Å². The maximum Gasteiger partial charge on any atom is 0.230 e. The Labute approximate surface area is 111 Å². The van der Waals surface area contributed by atoms with Gasteiger partial charge in [0, 0.05) is 19.1 Å². The molecule has 0 radical (unpaired) electrons. The van der Waals surface area contributed by atoms with Gasteiger partial charge >= 0.3 is 0 Å². The van der Waals surface area contributed by atoms with Gasteiger partial charge in [-0.1, -0.05) is 26.7 Å². The molecule has 0 aromatic heterocycles. The number of hydrogen-bond acceptors (Lipinski definition) is 3. The maximum absolute atomic E-state index is 12.8. The van der Waals surface area contributed by atoms with Crippen LogP contribution in [0.25, 0.3) is 0 Å². The summed E-state index contributed by atoms with van der Waals surface area (Å²) in [4.78, 5) is 14.7. The molecule has 106 valence electrons. The Bertz CT molecular complexity index is 259. The first kappa shape index (κ1) is 15.4. The summed E-state index contributed by atoms with van der Waals surface area (Å²) in [6.45, 7) is 5.11. The monoisotopic (exact) mass is 256 g/mol. The number of hydrogen-bond donors (Lipinski definition) is 2. The molecule has 1 aliphatic rings. The number of carbonyl (C=O) groups excluding carboxylic acids is 1. The topological polar surface area (TPSA) is 66.6 Å². The largest absolute Gasteiger partial charge is 0.395 e. The van der Waals surface area contributed by atoms with E-state index in [2.05, 4.69) is 13.8 Å². The van der Waals surface area contributed by atoms with Crippen molar-refractivity contribution >= 4 is 5.91 Å². The maximum atomic E-state index is 12.8. The lowest BCUT2D eigenvalue weighted by Gasteiger charge is -2.36. The number of nitrogens with zero attached hydrogens (tertiary/aromatic N) is 1. The normalized spacial score (nSPS) is 15.8. The molecular formula is C14H28N2O2. The van der Waals surface area contributed by atoms with Crippen molar-refractivity contribution in [3.05, 3.63) is 0 Å². The van der Waals surface area contributed by atoms with Crippen molar-refractivity contribution in [2.45, 2.75) is 58.4 Å². The van der Waals surface area contributed by atoms with Gasteiger partial charge < -0.3 is 15.7 Å². The second-order valence-electron chi connectivity index (χ2n) is 5.44. The molecule has 4 nitrogen and oxygen atoms in total. The molecule has 1 fully saturated rings. The van der Waals surface area contributed by atoms with Crippen molar-refractivity contribution in [2.24, 2.45) is 11.1 Å². The Hall–Kier alpha value is -0.610. The molecule has 0 heterocycles. The lowest BCUT2D eigenvalue weighted by molar-refractivity contribution is -0.144. The van der Waals surface area contributed by atoms with Gasteiger partial charge in [0.2, 0.25) is 5.91 Å². The van der Waals surface area contributed by atoms with Gasteiger partial charge in [0.1, 0.15) is 0 Å². The third kappa shape index (κ3) is 3.45. The summed E-state index contributed by atoms with van der Waals surface area (Å²) in [6, 6.07) is 0.351. The molecule has 4 heteroatoms. The van der Waals surface area contributed by atoms with E-state index in [1.54, 1.807) is 0 Å². The van der Waals surface area contributed by atoms with E-state index in [0.29, 0.717) is 19.1 Å². The van der Waals surface area contributed by atoms with Crippen molar-refractivity contribution in [1.29, 1.82) is 0 Å². The molecule has 0 spiro atoms. The highest BCUT2D eigenvalue weighted by atomic mass is 16.3. The zero-order valence-corrected chi connectivity index (χ0v) is 11.8. The Morgan fingerprint density at radius 1 is 1.33 bits per heavy atom. The zero-order chi connectivity index (χ0) is 13.6. The highest BCUT2D eigenvalue weighted by Crippen LogP contribution is 2.36. The van der Waals surface area contributed by atoms with Gasteiger partial charge in [-0.05, 0) is 25.7 Å². The Morgan fingerprint density at radius 2 is 1.89 bits per heavy atom. The van der Waals surface area contributed by atoms with Crippen molar-refractivity contribution in [1.82, 2.24) is 4.90 Å². The van der Waals surface area contributed by atoms with E-state index in [1.165, 1.54) is 0 Å². The molecule has 1 rings (SSSR count). The van der Waals surface area contributed by atoms with E-state index in [0.717, 1.165) is 38.5 Å². The van der Waals surface area contributed by atoms with E-state index in [-0.39, 0.29) is 12.5 Å². The Kier molecular flexibility index (Phi) is 6.09. The van der Waals surface area contributed by atoms with Gasteiger partial charge in [-0.2, -0.15) is 0 Å². The summed E-state index contributed by atoms with van der Waals surface area (Å²) in [5.74, 6) is 0.172. The molecule has 0 atom stereocenters. The Morgan fingerprint density at radius 3 is 2.22 bits per heavy atom. The third-order valence-corrected chi connectivity index (χ3v) is 3.89. The van der Waals surface area contributed by atoms with Crippen LogP contribution in [0.15, 0.2) is 0 Å². The van der Waals surface area contributed by atoms with E-state index in [4.69, 9.17) is 10.8 Å². The predicted octanol–water partition coefficient (Wildman–Crippen LogP) is 1.52. The van der Waals surface area contributed by atoms with Crippen LogP contribution < -0.4 is 5.73 Å². The van der Waals surface area contributed by atoms with E-state index < -0.39 is 5.41 Å².